The number of sulfonamides is 1. The van der Waals surface area contributed by atoms with Gasteiger partial charge in [0.1, 0.15) is 10.7 Å². The number of anilines is 1. The number of nitrogens with zero attached hydrogens (tertiary/aromatic N) is 2. The number of carbonyl (C=O) groups is 1. The summed E-state index contributed by atoms with van der Waals surface area (Å²) in [5.41, 5.74) is 0.926. The van der Waals surface area contributed by atoms with Crippen molar-refractivity contribution in [3.8, 4) is 11.5 Å². The first-order chi connectivity index (χ1) is 12.7. The number of hydrogen-bond acceptors (Lipinski definition) is 6. The summed E-state index contributed by atoms with van der Waals surface area (Å²) in [7, 11) is 0.232. The van der Waals surface area contributed by atoms with Crippen LogP contribution in [0.25, 0.3) is 0 Å². The van der Waals surface area contributed by atoms with E-state index in [4.69, 9.17) is 9.47 Å². The molecule has 1 amide bonds. The summed E-state index contributed by atoms with van der Waals surface area (Å²) >= 11 is 3.23. The molecule has 0 aliphatic rings. The highest BCUT2D eigenvalue weighted by Gasteiger charge is 2.27. The Morgan fingerprint density at radius 2 is 1.85 bits per heavy atom. The Morgan fingerprint density at radius 3 is 2.44 bits per heavy atom. The van der Waals surface area contributed by atoms with E-state index in [1.165, 1.54) is 33.4 Å². The summed E-state index contributed by atoms with van der Waals surface area (Å²) in [4.78, 5) is 16.2. The molecule has 1 heterocycles. The van der Waals surface area contributed by atoms with Crippen LogP contribution in [0.1, 0.15) is 5.56 Å². The maximum Gasteiger partial charge on any atom is 0.244 e. The predicted molar refractivity (Wildman–Crippen MR) is 105 cm³/mol. The first-order valence-electron chi connectivity index (χ1n) is 7.79. The lowest BCUT2D eigenvalue weighted by Crippen LogP contribution is -2.35. The zero-order valence-electron chi connectivity index (χ0n) is 15.3. The number of halogens is 1. The number of carbonyl (C=O) groups excluding carboxylic acids is 1. The zero-order valence-corrected chi connectivity index (χ0v) is 17.7. The number of methoxy groups -OCH3 is 2. The fourth-order valence-electron chi connectivity index (χ4n) is 2.28. The van der Waals surface area contributed by atoms with Crippen molar-refractivity contribution in [3.05, 3.63) is 40.5 Å². The van der Waals surface area contributed by atoms with Gasteiger partial charge in [-0.25, -0.2) is 13.4 Å². The first-order valence-corrected chi connectivity index (χ1v) is 10.0. The van der Waals surface area contributed by atoms with Crippen molar-refractivity contribution in [1.82, 2.24) is 9.29 Å². The highest BCUT2D eigenvalue weighted by molar-refractivity contribution is 9.10. The summed E-state index contributed by atoms with van der Waals surface area (Å²) in [6, 6.07) is 6.32. The topological polar surface area (TPSA) is 97.8 Å². The average Bonchev–Trinajstić information content (AvgIpc) is 2.60. The van der Waals surface area contributed by atoms with Gasteiger partial charge in [0.15, 0.2) is 11.5 Å². The summed E-state index contributed by atoms with van der Waals surface area (Å²) < 4.78 is 37.3. The molecule has 2 aromatic rings. The molecule has 0 radical (unpaired) electrons. The van der Waals surface area contributed by atoms with Gasteiger partial charge in [-0.2, -0.15) is 4.31 Å². The molecule has 0 unspecified atom stereocenters. The summed E-state index contributed by atoms with van der Waals surface area (Å²) in [5, 5.41) is 2.58. The number of benzene rings is 1. The smallest absolute Gasteiger partial charge is 0.244 e. The molecule has 0 aliphatic heterocycles. The SMILES string of the molecule is COc1cc(Br)c(S(=O)(=O)N(C)CC(=O)Nc2cc(C)ccn2)cc1OC. The van der Waals surface area contributed by atoms with Crippen LogP contribution in [0.4, 0.5) is 5.82 Å². The van der Waals surface area contributed by atoms with Crippen molar-refractivity contribution >= 4 is 37.7 Å². The van der Waals surface area contributed by atoms with E-state index in [1.807, 2.05) is 6.92 Å². The van der Waals surface area contributed by atoms with Crippen molar-refractivity contribution in [3.63, 3.8) is 0 Å². The lowest BCUT2D eigenvalue weighted by Gasteiger charge is -2.19. The lowest BCUT2D eigenvalue weighted by molar-refractivity contribution is -0.116. The summed E-state index contributed by atoms with van der Waals surface area (Å²) in [6.07, 6.45) is 1.56. The van der Waals surface area contributed by atoms with Crippen molar-refractivity contribution in [2.75, 3.05) is 33.1 Å². The second kappa shape index (κ2) is 8.68. The molecule has 1 aromatic heterocycles. The third kappa shape index (κ3) is 4.96. The molecule has 146 valence electrons. The quantitative estimate of drug-likeness (QED) is 0.685. The summed E-state index contributed by atoms with van der Waals surface area (Å²) in [5.74, 6) is 0.504. The Balaban J connectivity index is 2.22. The minimum Gasteiger partial charge on any atom is -0.493 e. The molecule has 2 rings (SSSR count). The van der Waals surface area contributed by atoms with Gasteiger partial charge in [0.05, 0.1) is 20.8 Å². The molecule has 0 fully saturated rings. The molecule has 0 saturated heterocycles. The second-order valence-corrected chi connectivity index (χ2v) is 8.53. The average molecular weight is 458 g/mol. The molecule has 0 atom stereocenters. The third-order valence-corrected chi connectivity index (χ3v) is 6.44. The molecule has 0 aliphatic carbocycles. The van der Waals surface area contributed by atoms with E-state index in [-0.39, 0.29) is 17.2 Å². The number of likely N-dealkylation sites (N-methyl/N-ethyl adjacent to an activating group) is 1. The van der Waals surface area contributed by atoms with Crippen LogP contribution in [0.2, 0.25) is 0 Å². The van der Waals surface area contributed by atoms with Gasteiger partial charge in [-0.1, -0.05) is 0 Å². The van der Waals surface area contributed by atoms with Crippen LogP contribution < -0.4 is 14.8 Å². The van der Waals surface area contributed by atoms with E-state index in [0.29, 0.717) is 16.0 Å². The van der Waals surface area contributed by atoms with Crippen LogP contribution in [-0.4, -0.2) is 51.4 Å². The van der Waals surface area contributed by atoms with Crippen LogP contribution in [0.5, 0.6) is 11.5 Å². The Labute approximate surface area is 166 Å². The molecule has 1 N–H and O–H groups in total. The van der Waals surface area contributed by atoms with E-state index in [0.717, 1.165) is 9.87 Å². The van der Waals surface area contributed by atoms with Crippen molar-refractivity contribution in [2.24, 2.45) is 0 Å². The normalized spacial score (nSPS) is 11.3. The second-order valence-electron chi connectivity index (χ2n) is 5.67. The van der Waals surface area contributed by atoms with Gasteiger partial charge in [-0.05, 0) is 46.6 Å². The number of amides is 1. The van der Waals surface area contributed by atoms with E-state index >= 15 is 0 Å². The van der Waals surface area contributed by atoms with Crippen LogP contribution >= 0.6 is 15.9 Å². The van der Waals surface area contributed by atoms with Gasteiger partial charge < -0.3 is 14.8 Å². The highest BCUT2D eigenvalue weighted by Crippen LogP contribution is 2.36. The standard InChI is InChI=1S/C17H20BrN3O5S/c1-11-5-6-19-16(7-11)20-17(22)10-21(2)27(23,24)15-9-14(26-4)13(25-3)8-12(15)18/h5-9H,10H2,1-4H3,(H,19,20,22). The number of rotatable bonds is 7. The summed E-state index contributed by atoms with van der Waals surface area (Å²) in [6.45, 7) is 1.49. The van der Waals surface area contributed by atoms with Crippen LogP contribution in [0.3, 0.4) is 0 Å². The van der Waals surface area contributed by atoms with Crippen molar-refractivity contribution in [2.45, 2.75) is 11.8 Å². The largest absolute Gasteiger partial charge is 0.493 e. The van der Waals surface area contributed by atoms with Gasteiger partial charge in [0, 0.05) is 23.8 Å². The molecule has 0 spiro atoms. The molecular formula is C17H20BrN3O5S. The molecular weight excluding hydrogens is 438 g/mol. The first kappa shape index (κ1) is 21.1. The molecule has 0 saturated carbocycles. The fraction of sp³-hybridized carbons (Fsp3) is 0.294. The number of aryl methyl sites for hydroxylation is 1. The number of aromatic nitrogens is 1. The Kier molecular flexibility index (Phi) is 6.79. The molecule has 27 heavy (non-hydrogen) atoms. The molecule has 1 aromatic carbocycles. The molecule has 8 nitrogen and oxygen atoms in total. The third-order valence-electron chi connectivity index (χ3n) is 3.68. The Bertz CT molecular complexity index is 950. The highest BCUT2D eigenvalue weighted by atomic mass is 79.9. The number of ether oxygens (including phenoxy) is 2. The van der Waals surface area contributed by atoms with E-state index in [2.05, 4.69) is 26.2 Å². The van der Waals surface area contributed by atoms with Crippen molar-refractivity contribution in [1.29, 1.82) is 0 Å². The number of hydrogen-bond donors (Lipinski definition) is 1. The molecule has 10 heteroatoms. The van der Waals surface area contributed by atoms with Crippen molar-refractivity contribution < 1.29 is 22.7 Å². The maximum atomic E-state index is 12.9. The van der Waals surface area contributed by atoms with Crippen LogP contribution in [0, 0.1) is 6.92 Å². The predicted octanol–water partition coefficient (Wildman–Crippen LogP) is 2.43. The monoisotopic (exact) mass is 457 g/mol. The fourth-order valence-corrected chi connectivity index (χ4v) is 4.40. The number of pyridine rings is 1. The van der Waals surface area contributed by atoms with Gasteiger partial charge in [-0.15, -0.1) is 0 Å². The number of nitrogens with one attached hydrogen (secondary N) is 1. The van der Waals surface area contributed by atoms with Crippen LogP contribution in [-0.2, 0) is 14.8 Å². The Morgan fingerprint density at radius 1 is 1.22 bits per heavy atom. The van der Waals surface area contributed by atoms with E-state index in [1.54, 1.807) is 18.3 Å². The molecule has 0 bridgehead atoms. The Hall–Kier alpha value is -2.17. The zero-order chi connectivity index (χ0) is 20.2. The minimum atomic E-state index is -3.95. The van der Waals surface area contributed by atoms with Gasteiger partial charge in [0.2, 0.25) is 15.9 Å². The van der Waals surface area contributed by atoms with Gasteiger partial charge in [0.25, 0.3) is 0 Å². The maximum absolute atomic E-state index is 12.9. The van der Waals surface area contributed by atoms with E-state index < -0.39 is 15.9 Å². The van der Waals surface area contributed by atoms with Crippen LogP contribution in [0.15, 0.2) is 39.8 Å². The lowest BCUT2D eigenvalue weighted by atomic mass is 10.3. The van der Waals surface area contributed by atoms with Gasteiger partial charge >= 0.3 is 0 Å². The van der Waals surface area contributed by atoms with Gasteiger partial charge in [-0.3, -0.25) is 4.79 Å². The minimum absolute atomic E-state index is 0.0378. The van der Waals surface area contributed by atoms with E-state index in [9.17, 15) is 13.2 Å².